The van der Waals surface area contributed by atoms with Crippen molar-refractivity contribution in [1.82, 2.24) is 4.90 Å². The van der Waals surface area contributed by atoms with Gasteiger partial charge in [-0.25, -0.2) is 0 Å². The van der Waals surface area contributed by atoms with Crippen LogP contribution in [0.2, 0.25) is 0 Å². The number of piperidine rings is 1. The zero-order valence-corrected chi connectivity index (χ0v) is 14.6. The van der Waals surface area contributed by atoms with E-state index in [-0.39, 0.29) is 23.7 Å². The second-order valence-electron chi connectivity index (χ2n) is 7.31. The summed E-state index contributed by atoms with van der Waals surface area (Å²) in [6, 6.07) is 7.85. The molecule has 1 unspecified atom stereocenters. The fraction of sp³-hybridized carbons (Fsp3) is 0.600. The van der Waals surface area contributed by atoms with Crippen molar-refractivity contribution in [3.05, 3.63) is 29.8 Å². The molecule has 1 aliphatic carbocycles. The Kier molecular flexibility index (Phi) is 5.54. The van der Waals surface area contributed by atoms with Gasteiger partial charge in [0.15, 0.2) is 0 Å². The van der Waals surface area contributed by atoms with Gasteiger partial charge in [0.1, 0.15) is 0 Å². The van der Waals surface area contributed by atoms with Crippen molar-refractivity contribution >= 4 is 17.5 Å². The maximum atomic E-state index is 12.7. The molecule has 2 fully saturated rings. The third kappa shape index (κ3) is 4.16. The first-order valence-electron chi connectivity index (χ1n) is 9.30. The van der Waals surface area contributed by atoms with Crippen LogP contribution in [0, 0.1) is 18.8 Å². The molecule has 0 aromatic heterocycles. The molecule has 1 saturated heterocycles. The lowest BCUT2D eigenvalue weighted by molar-refractivity contribution is -0.139. The number of aryl methyl sites for hydroxylation is 1. The molecule has 4 nitrogen and oxygen atoms in total. The molecule has 1 aromatic carbocycles. The van der Waals surface area contributed by atoms with Gasteiger partial charge in [-0.1, -0.05) is 37.0 Å². The van der Waals surface area contributed by atoms with Gasteiger partial charge in [-0.3, -0.25) is 9.59 Å². The van der Waals surface area contributed by atoms with Crippen LogP contribution in [0.1, 0.15) is 50.5 Å². The molecule has 1 aromatic rings. The van der Waals surface area contributed by atoms with Crippen molar-refractivity contribution in [3.63, 3.8) is 0 Å². The fourth-order valence-electron chi connectivity index (χ4n) is 3.88. The normalized spacial score (nSPS) is 22.2. The summed E-state index contributed by atoms with van der Waals surface area (Å²) >= 11 is 0. The Morgan fingerprint density at radius 3 is 2.33 bits per heavy atom. The van der Waals surface area contributed by atoms with Crippen LogP contribution in [-0.2, 0) is 9.59 Å². The lowest BCUT2D eigenvalue weighted by Gasteiger charge is -2.35. The number of hydrogen-bond donors (Lipinski definition) is 1. The Morgan fingerprint density at radius 2 is 1.62 bits per heavy atom. The number of hydrogen-bond acceptors (Lipinski definition) is 2. The van der Waals surface area contributed by atoms with E-state index in [1.165, 1.54) is 24.8 Å². The van der Waals surface area contributed by atoms with Gasteiger partial charge in [0.05, 0.1) is 5.92 Å². The van der Waals surface area contributed by atoms with Crippen molar-refractivity contribution in [2.45, 2.75) is 51.9 Å². The number of likely N-dealkylation sites (tertiary alicyclic amines) is 1. The number of nitrogens with zero attached hydrogens (tertiary/aromatic N) is 1. The van der Waals surface area contributed by atoms with Gasteiger partial charge in [0, 0.05) is 24.7 Å². The SMILES string of the molecule is Cc1ccc(NC(=O)C2CCCN(C(=O)C3CCCCC3)C2)cc1. The number of carbonyl (C=O) groups is 2. The topological polar surface area (TPSA) is 49.4 Å². The molecule has 1 N–H and O–H groups in total. The molecule has 1 saturated carbocycles. The van der Waals surface area contributed by atoms with Crippen LogP contribution >= 0.6 is 0 Å². The summed E-state index contributed by atoms with van der Waals surface area (Å²) in [4.78, 5) is 27.2. The predicted octanol–water partition coefficient (Wildman–Crippen LogP) is 3.75. The number of anilines is 1. The van der Waals surface area contributed by atoms with E-state index < -0.39 is 0 Å². The van der Waals surface area contributed by atoms with Crippen LogP contribution in [0.25, 0.3) is 0 Å². The fourth-order valence-corrected chi connectivity index (χ4v) is 3.88. The van der Waals surface area contributed by atoms with E-state index in [9.17, 15) is 9.59 Å². The van der Waals surface area contributed by atoms with E-state index >= 15 is 0 Å². The molecule has 130 valence electrons. The van der Waals surface area contributed by atoms with Crippen LogP contribution in [0.4, 0.5) is 5.69 Å². The minimum absolute atomic E-state index is 0.0417. The second kappa shape index (κ2) is 7.82. The molecule has 3 rings (SSSR count). The Balaban J connectivity index is 1.57. The first kappa shape index (κ1) is 17.0. The monoisotopic (exact) mass is 328 g/mol. The molecule has 1 atom stereocenters. The first-order chi connectivity index (χ1) is 11.6. The van der Waals surface area contributed by atoms with Gasteiger partial charge < -0.3 is 10.2 Å². The van der Waals surface area contributed by atoms with Gasteiger partial charge in [0.25, 0.3) is 0 Å². The molecule has 0 bridgehead atoms. The van der Waals surface area contributed by atoms with Crippen molar-refractivity contribution in [3.8, 4) is 0 Å². The summed E-state index contributed by atoms with van der Waals surface area (Å²) < 4.78 is 0. The van der Waals surface area contributed by atoms with Gasteiger partial charge in [0.2, 0.25) is 11.8 Å². The molecular weight excluding hydrogens is 300 g/mol. The summed E-state index contributed by atoms with van der Waals surface area (Å²) in [5, 5.41) is 3.00. The average Bonchev–Trinajstić information content (AvgIpc) is 2.64. The molecule has 2 aliphatic rings. The zero-order chi connectivity index (χ0) is 16.9. The van der Waals surface area contributed by atoms with Gasteiger partial charge >= 0.3 is 0 Å². The molecular formula is C20H28N2O2. The van der Waals surface area contributed by atoms with Crippen molar-refractivity contribution in [2.75, 3.05) is 18.4 Å². The number of carbonyl (C=O) groups excluding carboxylic acids is 2. The second-order valence-corrected chi connectivity index (χ2v) is 7.31. The number of rotatable bonds is 3. The molecule has 1 heterocycles. The first-order valence-corrected chi connectivity index (χ1v) is 9.30. The maximum Gasteiger partial charge on any atom is 0.229 e. The van der Waals surface area contributed by atoms with Crippen LogP contribution < -0.4 is 5.32 Å². The minimum atomic E-state index is -0.0902. The molecule has 24 heavy (non-hydrogen) atoms. The number of amides is 2. The van der Waals surface area contributed by atoms with Gasteiger partial charge in [-0.15, -0.1) is 0 Å². The van der Waals surface area contributed by atoms with Crippen LogP contribution in [0.15, 0.2) is 24.3 Å². The average molecular weight is 328 g/mol. The van der Waals surface area contributed by atoms with Crippen LogP contribution in [-0.4, -0.2) is 29.8 Å². The smallest absolute Gasteiger partial charge is 0.229 e. The van der Waals surface area contributed by atoms with Crippen molar-refractivity contribution in [1.29, 1.82) is 0 Å². The zero-order valence-electron chi connectivity index (χ0n) is 14.6. The van der Waals surface area contributed by atoms with E-state index in [4.69, 9.17) is 0 Å². The van der Waals surface area contributed by atoms with Gasteiger partial charge in [-0.05, 0) is 44.7 Å². The Hall–Kier alpha value is -1.84. The summed E-state index contributed by atoms with van der Waals surface area (Å²) in [6.07, 6.45) is 7.43. The number of benzene rings is 1. The third-order valence-electron chi connectivity index (χ3n) is 5.38. The highest BCUT2D eigenvalue weighted by Gasteiger charge is 2.32. The summed E-state index contributed by atoms with van der Waals surface area (Å²) in [5.74, 6) is 0.424. The van der Waals surface area contributed by atoms with E-state index in [0.29, 0.717) is 6.54 Å². The van der Waals surface area contributed by atoms with Crippen molar-refractivity contribution < 1.29 is 9.59 Å². The van der Waals surface area contributed by atoms with E-state index in [1.54, 1.807) is 0 Å². The summed E-state index contributed by atoms with van der Waals surface area (Å²) in [7, 11) is 0. The number of nitrogens with one attached hydrogen (secondary N) is 1. The molecule has 0 spiro atoms. The molecule has 1 aliphatic heterocycles. The van der Waals surface area contributed by atoms with Crippen LogP contribution in [0.5, 0.6) is 0 Å². The largest absolute Gasteiger partial charge is 0.342 e. The quantitative estimate of drug-likeness (QED) is 0.918. The van der Waals surface area contributed by atoms with Crippen LogP contribution in [0.3, 0.4) is 0 Å². The van der Waals surface area contributed by atoms with Crippen molar-refractivity contribution in [2.24, 2.45) is 11.8 Å². The highest BCUT2D eigenvalue weighted by atomic mass is 16.2. The Labute approximate surface area is 144 Å². The summed E-state index contributed by atoms with van der Waals surface area (Å²) in [5.41, 5.74) is 2.01. The standard InChI is InChI=1S/C20H28N2O2/c1-15-9-11-18(12-10-15)21-19(23)17-8-5-13-22(14-17)20(24)16-6-3-2-4-7-16/h9-12,16-17H,2-8,13-14H2,1H3,(H,21,23). The molecule has 2 amide bonds. The highest BCUT2D eigenvalue weighted by molar-refractivity contribution is 5.93. The lowest BCUT2D eigenvalue weighted by Crippen LogP contribution is -2.46. The van der Waals surface area contributed by atoms with E-state index in [0.717, 1.165) is 37.9 Å². The predicted molar refractivity (Wildman–Crippen MR) is 95.7 cm³/mol. The van der Waals surface area contributed by atoms with E-state index in [2.05, 4.69) is 5.32 Å². The Bertz CT molecular complexity index is 576. The Morgan fingerprint density at radius 1 is 0.958 bits per heavy atom. The minimum Gasteiger partial charge on any atom is -0.342 e. The van der Waals surface area contributed by atoms with E-state index in [1.807, 2.05) is 36.1 Å². The summed E-state index contributed by atoms with van der Waals surface area (Å²) in [6.45, 7) is 3.41. The highest BCUT2D eigenvalue weighted by Crippen LogP contribution is 2.28. The lowest BCUT2D eigenvalue weighted by atomic mass is 9.87. The molecule has 4 heteroatoms. The third-order valence-corrected chi connectivity index (χ3v) is 5.38. The molecule has 0 radical (unpaired) electrons. The maximum absolute atomic E-state index is 12.7. The van der Waals surface area contributed by atoms with Gasteiger partial charge in [-0.2, -0.15) is 0 Å².